The molecule has 1 atom stereocenters. The molecule has 6 nitrogen and oxygen atoms in total. The minimum absolute atomic E-state index is 0.551. The van der Waals surface area contributed by atoms with E-state index >= 15 is 0 Å². The topological polar surface area (TPSA) is 70.4 Å². The lowest BCUT2D eigenvalue weighted by atomic mass is 10.00. The molecule has 10 rings (SSSR count). The van der Waals surface area contributed by atoms with Crippen molar-refractivity contribution in [2.75, 3.05) is 14.7 Å². The van der Waals surface area contributed by atoms with E-state index in [2.05, 4.69) is 212 Å². The van der Waals surface area contributed by atoms with Crippen molar-refractivity contribution >= 4 is 94.1 Å². The molecule has 1 aliphatic rings. The molecule has 9 aromatic rings. The van der Waals surface area contributed by atoms with Gasteiger partial charge in [-0.15, -0.1) is 22.7 Å². The van der Waals surface area contributed by atoms with Crippen LogP contribution in [0.2, 0.25) is 0 Å². The minimum atomic E-state index is -1.48. The van der Waals surface area contributed by atoms with Gasteiger partial charge in [0.15, 0.2) is 6.29 Å². The quantitative estimate of drug-likeness (QED) is 0.0662. The summed E-state index contributed by atoms with van der Waals surface area (Å²) in [4.78, 5) is 8.16. The van der Waals surface area contributed by atoms with Crippen LogP contribution in [0, 0.1) is 6.92 Å². The number of aryl methyl sites for hydroxylation is 1. The largest absolute Gasteiger partial charge is 0.389 e. The summed E-state index contributed by atoms with van der Waals surface area (Å²) in [6.07, 6.45) is 12.4. The normalized spacial score (nSPS) is 13.4. The molecule has 0 radical (unpaired) electrons. The second-order valence-corrected chi connectivity index (χ2v) is 20.6. The summed E-state index contributed by atoms with van der Waals surface area (Å²) in [7, 11) is 0. The molecule has 0 fully saturated rings. The van der Waals surface area contributed by atoms with Crippen LogP contribution in [-0.2, 0) is 6.42 Å². The molecule has 2 heterocycles. The van der Waals surface area contributed by atoms with Gasteiger partial charge in [0.1, 0.15) is 10.0 Å². The highest BCUT2D eigenvalue weighted by molar-refractivity contribution is 7.23. The van der Waals surface area contributed by atoms with Crippen LogP contribution in [0.4, 0.5) is 38.4 Å². The third kappa shape index (κ3) is 10.1. The van der Waals surface area contributed by atoms with Crippen LogP contribution in [0.15, 0.2) is 218 Å². The highest BCUT2D eigenvalue weighted by Crippen LogP contribution is 2.47. The molecule has 8 heteroatoms. The van der Waals surface area contributed by atoms with Crippen LogP contribution in [0.1, 0.15) is 66.8 Å². The fourth-order valence-corrected chi connectivity index (χ4v) is 12.0. The van der Waals surface area contributed by atoms with Crippen molar-refractivity contribution in [1.82, 2.24) is 0 Å². The molecule has 0 aliphatic heterocycles. The van der Waals surface area contributed by atoms with Crippen molar-refractivity contribution in [2.45, 2.75) is 59.4 Å². The van der Waals surface area contributed by atoms with Gasteiger partial charge in [0, 0.05) is 43.4 Å². The van der Waals surface area contributed by atoms with Crippen LogP contribution in [0.3, 0.4) is 0 Å². The summed E-state index contributed by atoms with van der Waals surface area (Å²) < 4.78 is 1.16. The lowest BCUT2D eigenvalue weighted by molar-refractivity contribution is -0.0104. The lowest BCUT2D eigenvalue weighted by Gasteiger charge is -2.29. The molecule has 0 bridgehead atoms. The number of hydrogen-bond donors (Lipinski definition) is 3. The van der Waals surface area contributed by atoms with Crippen molar-refractivity contribution in [3.8, 4) is 11.1 Å². The summed E-state index contributed by atoms with van der Waals surface area (Å²) in [5, 5.41) is 36.1. The van der Waals surface area contributed by atoms with E-state index in [-0.39, 0.29) is 0 Å². The standard InChI is InChI=1S/C65H59N3O3S2/c1-6-16-48-20-14-23-60(58(48)8-3)67(55-31-25-45(26-32-55)43(4)69)64-42-52-40-57(37-38-62(52)73-64)66(54-33-27-47(28-34-54)46-17-10-9-11-18-46)53(7-2)39-51-41-63(72-44(51)5)68(56-35-29-50(30-36-56)65(70)71)61-24-15-21-49-19-12-13-22-59(49)61/h6-7,9-29,31-35,37-43,65,69-71H,2,8,30,36H2,1,3-5H3/b16-6-,53-39+. The zero-order valence-electron chi connectivity index (χ0n) is 41.6. The Morgan fingerprint density at radius 1 is 0.644 bits per heavy atom. The molecule has 0 amide bonds. The maximum Gasteiger partial charge on any atom is 0.174 e. The summed E-state index contributed by atoms with van der Waals surface area (Å²) >= 11 is 3.51. The van der Waals surface area contributed by atoms with Crippen molar-refractivity contribution in [3.05, 3.63) is 245 Å². The van der Waals surface area contributed by atoms with E-state index in [0.717, 1.165) is 104 Å². The number of aliphatic hydroxyl groups excluding tert-OH is 2. The van der Waals surface area contributed by atoms with Gasteiger partial charge in [-0.2, -0.15) is 0 Å². The molecule has 1 unspecified atom stereocenters. The Labute approximate surface area is 437 Å². The summed E-state index contributed by atoms with van der Waals surface area (Å²) in [6.45, 7) is 12.7. The number of hydrogen-bond acceptors (Lipinski definition) is 8. The number of allylic oxidation sites excluding steroid dienone is 5. The Balaban J connectivity index is 1.10. The average molecular weight is 994 g/mol. The lowest BCUT2D eigenvalue weighted by Crippen LogP contribution is -2.19. The van der Waals surface area contributed by atoms with Crippen LogP contribution in [0.25, 0.3) is 44.1 Å². The Morgan fingerprint density at radius 3 is 2.04 bits per heavy atom. The molecule has 364 valence electrons. The number of nitrogens with zero attached hydrogens (tertiary/aromatic N) is 3. The van der Waals surface area contributed by atoms with Crippen LogP contribution in [0.5, 0.6) is 0 Å². The first-order valence-corrected chi connectivity index (χ1v) is 26.6. The maximum absolute atomic E-state index is 10.4. The van der Waals surface area contributed by atoms with E-state index in [0.29, 0.717) is 18.4 Å². The number of benzene rings is 7. The molecule has 0 saturated heterocycles. The Hall–Kier alpha value is -7.56. The maximum atomic E-state index is 10.4. The van der Waals surface area contributed by atoms with Gasteiger partial charge in [-0.05, 0) is 175 Å². The molecule has 0 spiro atoms. The van der Waals surface area contributed by atoms with E-state index in [1.165, 1.54) is 11.1 Å². The number of fused-ring (bicyclic) bond motifs is 2. The molecule has 1 aliphatic carbocycles. The van der Waals surface area contributed by atoms with Crippen molar-refractivity contribution in [2.24, 2.45) is 0 Å². The van der Waals surface area contributed by atoms with Gasteiger partial charge < -0.3 is 30.0 Å². The van der Waals surface area contributed by atoms with Crippen LogP contribution in [-0.4, -0.2) is 21.6 Å². The molecule has 3 N–H and O–H groups in total. The zero-order valence-corrected chi connectivity index (χ0v) is 43.2. The second-order valence-electron chi connectivity index (χ2n) is 18.3. The van der Waals surface area contributed by atoms with E-state index in [1.807, 2.05) is 36.4 Å². The van der Waals surface area contributed by atoms with Crippen molar-refractivity contribution in [1.29, 1.82) is 0 Å². The van der Waals surface area contributed by atoms with Crippen LogP contribution < -0.4 is 14.7 Å². The van der Waals surface area contributed by atoms with Gasteiger partial charge in [-0.3, -0.25) is 0 Å². The Bertz CT molecular complexity index is 3560. The monoisotopic (exact) mass is 993 g/mol. The van der Waals surface area contributed by atoms with Gasteiger partial charge in [0.25, 0.3) is 0 Å². The average Bonchev–Trinajstić information content (AvgIpc) is 4.01. The molecular formula is C65H59N3O3S2. The molecule has 0 saturated carbocycles. The first kappa shape index (κ1) is 49.0. The molecule has 73 heavy (non-hydrogen) atoms. The van der Waals surface area contributed by atoms with E-state index in [4.69, 9.17) is 0 Å². The number of aliphatic hydroxyl groups is 3. The van der Waals surface area contributed by atoms with Gasteiger partial charge >= 0.3 is 0 Å². The molecule has 2 aromatic heterocycles. The third-order valence-electron chi connectivity index (χ3n) is 13.7. The fourth-order valence-electron chi connectivity index (χ4n) is 9.93. The number of anilines is 7. The van der Waals surface area contributed by atoms with E-state index in [9.17, 15) is 15.3 Å². The number of thiophene rings is 2. The first-order chi connectivity index (χ1) is 35.6. The van der Waals surface area contributed by atoms with Gasteiger partial charge in [0.2, 0.25) is 0 Å². The Kier molecular flexibility index (Phi) is 14.5. The summed E-state index contributed by atoms with van der Waals surface area (Å²) in [5.41, 5.74) is 14.5. The van der Waals surface area contributed by atoms with E-state index < -0.39 is 12.4 Å². The summed E-state index contributed by atoms with van der Waals surface area (Å²) in [5.74, 6) is 0. The minimum Gasteiger partial charge on any atom is -0.389 e. The fraction of sp³-hybridized carbons (Fsp3) is 0.138. The van der Waals surface area contributed by atoms with Crippen molar-refractivity contribution in [3.63, 3.8) is 0 Å². The highest BCUT2D eigenvalue weighted by Gasteiger charge is 2.25. The predicted octanol–water partition coefficient (Wildman–Crippen LogP) is 17.6. The zero-order chi connectivity index (χ0) is 50.6. The summed E-state index contributed by atoms with van der Waals surface area (Å²) in [6, 6.07) is 60.3. The SMILES string of the molecule is C=C/C(=C\c1cc(N(C2=CC=C(C(O)O)CC2)c2cccc3ccccc23)sc1C)N(c1ccc(-c2ccccc2)cc1)c1ccc2sc(N(c3ccc(C(C)O)cc3)c3cccc(/C=C\C)c3CC)cc2c1. The third-order valence-corrected chi connectivity index (χ3v) is 15.8. The molecule has 7 aromatic carbocycles. The first-order valence-electron chi connectivity index (χ1n) is 24.9. The smallest absolute Gasteiger partial charge is 0.174 e. The van der Waals surface area contributed by atoms with Crippen molar-refractivity contribution < 1.29 is 15.3 Å². The van der Waals surface area contributed by atoms with Crippen LogP contribution >= 0.6 is 22.7 Å². The van der Waals surface area contributed by atoms with Gasteiger partial charge in [-0.1, -0.05) is 135 Å². The second kappa shape index (κ2) is 21.7. The van der Waals surface area contributed by atoms with Gasteiger partial charge in [0.05, 0.1) is 17.5 Å². The predicted molar refractivity (Wildman–Crippen MR) is 312 cm³/mol. The Morgan fingerprint density at radius 2 is 1.33 bits per heavy atom. The molecular weight excluding hydrogens is 935 g/mol. The number of rotatable bonds is 16. The van der Waals surface area contributed by atoms with Gasteiger partial charge in [-0.25, -0.2) is 0 Å². The highest BCUT2D eigenvalue weighted by atomic mass is 32.1. The van der Waals surface area contributed by atoms with E-state index in [1.54, 1.807) is 29.6 Å².